The first kappa shape index (κ1) is 11.6. The highest BCUT2D eigenvalue weighted by Gasteiger charge is 2.19. The van der Waals surface area contributed by atoms with Gasteiger partial charge in [0.15, 0.2) is 0 Å². The molecular formula is C14H22N2. The Bertz CT molecular complexity index is 312. The first-order chi connectivity index (χ1) is 7.81. The molecule has 1 fully saturated rings. The number of piperazine rings is 1. The van der Waals surface area contributed by atoms with Gasteiger partial charge in [-0.2, -0.15) is 0 Å². The SMILES string of the molecule is CC[C@@H](c1ccc(C)cc1)N1CCNCC1. The molecule has 0 aromatic heterocycles. The summed E-state index contributed by atoms with van der Waals surface area (Å²) in [6, 6.07) is 9.61. The maximum Gasteiger partial charge on any atom is 0.0346 e. The van der Waals surface area contributed by atoms with Gasteiger partial charge in [0.05, 0.1) is 0 Å². The minimum absolute atomic E-state index is 0.600. The largest absolute Gasteiger partial charge is 0.314 e. The lowest BCUT2D eigenvalue weighted by atomic mass is 10.0. The monoisotopic (exact) mass is 218 g/mol. The molecule has 88 valence electrons. The lowest BCUT2D eigenvalue weighted by molar-refractivity contribution is 0.169. The predicted octanol–water partition coefficient (Wildman–Crippen LogP) is 2.35. The van der Waals surface area contributed by atoms with Crippen LogP contribution < -0.4 is 5.32 Å². The summed E-state index contributed by atoms with van der Waals surface area (Å²) in [6.07, 6.45) is 1.20. The molecule has 1 aromatic carbocycles. The number of hydrogen-bond acceptors (Lipinski definition) is 2. The van der Waals surface area contributed by atoms with E-state index in [-0.39, 0.29) is 0 Å². The van der Waals surface area contributed by atoms with Crippen molar-refractivity contribution in [1.82, 2.24) is 10.2 Å². The lowest BCUT2D eigenvalue weighted by Gasteiger charge is -2.34. The highest BCUT2D eigenvalue weighted by Crippen LogP contribution is 2.24. The molecule has 2 heteroatoms. The van der Waals surface area contributed by atoms with Crippen LogP contribution in [0.1, 0.15) is 30.5 Å². The highest BCUT2D eigenvalue weighted by molar-refractivity contribution is 5.24. The molecule has 0 bridgehead atoms. The molecule has 2 nitrogen and oxygen atoms in total. The van der Waals surface area contributed by atoms with E-state index in [0.29, 0.717) is 6.04 Å². The second kappa shape index (κ2) is 5.46. The van der Waals surface area contributed by atoms with Gasteiger partial charge < -0.3 is 5.32 Å². The third kappa shape index (κ3) is 2.63. The van der Waals surface area contributed by atoms with Gasteiger partial charge in [-0.05, 0) is 18.9 Å². The fraction of sp³-hybridized carbons (Fsp3) is 0.571. The van der Waals surface area contributed by atoms with Gasteiger partial charge in [0.1, 0.15) is 0 Å². The van der Waals surface area contributed by atoms with E-state index in [1.807, 2.05) is 0 Å². The summed E-state index contributed by atoms with van der Waals surface area (Å²) in [7, 11) is 0. The van der Waals surface area contributed by atoms with Crippen LogP contribution in [0.15, 0.2) is 24.3 Å². The molecule has 1 N–H and O–H groups in total. The molecule has 0 spiro atoms. The molecule has 1 atom stereocenters. The molecule has 1 heterocycles. The molecule has 0 amide bonds. The van der Waals surface area contributed by atoms with E-state index >= 15 is 0 Å². The van der Waals surface area contributed by atoms with Crippen LogP contribution in [0.2, 0.25) is 0 Å². The van der Waals surface area contributed by atoms with Crippen LogP contribution in [0.4, 0.5) is 0 Å². The summed E-state index contributed by atoms with van der Waals surface area (Å²) in [5.41, 5.74) is 2.81. The average molecular weight is 218 g/mol. The van der Waals surface area contributed by atoms with Crippen molar-refractivity contribution in [2.45, 2.75) is 26.3 Å². The molecule has 16 heavy (non-hydrogen) atoms. The van der Waals surface area contributed by atoms with Gasteiger partial charge in [0, 0.05) is 32.2 Å². The zero-order valence-corrected chi connectivity index (χ0v) is 10.4. The normalized spacial score (nSPS) is 19.6. The number of rotatable bonds is 3. The van der Waals surface area contributed by atoms with Gasteiger partial charge in [0.2, 0.25) is 0 Å². The van der Waals surface area contributed by atoms with Crippen molar-refractivity contribution >= 4 is 0 Å². The second-order valence-electron chi connectivity index (χ2n) is 4.62. The zero-order chi connectivity index (χ0) is 11.4. The van der Waals surface area contributed by atoms with Crippen molar-refractivity contribution in [2.75, 3.05) is 26.2 Å². The van der Waals surface area contributed by atoms with Crippen LogP contribution in [-0.2, 0) is 0 Å². The topological polar surface area (TPSA) is 15.3 Å². The fourth-order valence-electron chi connectivity index (χ4n) is 2.49. The van der Waals surface area contributed by atoms with Crippen LogP contribution in [-0.4, -0.2) is 31.1 Å². The first-order valence-electron chi connectivity index (χ1n) is 6.32. The predicted molar refractivity (Wildman–Crippen MR) is 68.7 cm³/mol. The summed E-state index contributed by atoms with van der Waals surface area (Å²) in [5, 5.41) is 3.41. The molecule has 1 aromatic rings. The van der Waals surface area contributed by atoms with E-state index in [4.69, 9.17) is 0 Å². The molecule has 1 aliphatic rings. The quantitative estimate of drug-likeness (QED) is 0.838. The average Bonchev–Trinajstić information content (AvgIpc) is 2.34. The fourth-order valence-corrected chi connectivity index (χ4v) is 2.49. The van der Waals surface area contributed by atoms with Crippen LogP contribution in [0, 0.1) is 6.92 Å². The van der Waals surface area contributed by atoms with Crippen LogP contribution in [0.25, 0.3) is 0 Å². The van der Waals surface area contributed by atoms with Crippen molar-refractivity contribution in [3.8, 4) is 0 Å². The van der Waals surface area contributed by atoms with Gasteiger partial charge >= 0.3 is 0 Å². The summed E-state index contributed by atoms with van der Waals surface area (Å²) >= 11 is 0. The Hall–Kier alpha value is -0.860. The van der Waals surface area contributed by atoms with Gasteiger partial charge in [-0.3, -0.25) is 4.90 Å². The van der Waals surface area contributed by atoms with Crippen molar-refractivity contribution in [3.05, 3.63) is 35.4 Å². The number of benzene rings is 1. The molecule has 0 aliphatic carbocycles. The Morgan fingerprint density at radius 3 is 2.38 bits per heavy atom. The summed E-state index contributed by atoms with van der Waals surface area (Å²) in [6.45, 7) is 9.03. The van der Waals surface area contributed by atoms with E-state index in [1.54, 1.807) is 0 Å². The second-order valence-corrected chi connectivity index (χ2v) is 4.62. The van der Waals surface area contributed by atoms with Crippen LogP contribution in [0.3, 0.4) is 0 Å². The zero-order valence-electron chi connectivity index (χ0n) is 10.4. The smallest absolute Gasteiger partial charge is 0.0346 e. The number of nitrogens with one attached hydrogen (secondary N) is 1. The minimum atomic E-state index is 0.600. The minimum Gasteiger partial charge on any atom is -0.314 e. The number of hydrogen-bond donors (Lipinski definition) is 1. The van der Waals surface area contributed by atoms with Crippen molar-refractivity contribution in [3.63, 3.8) is 0 Å². The van der Waals surface area contributed by atoms with Gasteiger partial charge in [-0.1, -0.05) is 36.8 Å². The maximum atomic E-state index is 3.41. The van der Waals surface area contributed by atoms with E-state index < -0.39 is 0 Å². The summed E-state index contributed by atoms with van der Waals surface area (Å²) in [5.74, 6) is 0. The highest BCUT2D eigenvalue weighted by atomic mass is 15.2. The number of nitrogens with zero attached hydrogens (tertiary/aromatic N) is 1. The van der Waals surface area contributed by atoms with Crippen molar-refractivity contribution in [1.29, 1.82) is 0 Å². The Kier molecular flexibility index (Phi) is 3.97. The lowest BCUT2D eigenvalue weighted by Crippen LogP contribution is -2.45. The molecular weight excluding hydrogens is 196 g/mol. The number of aryl methyl sites for hydroxylation is 1. The molecule has 2 rings (SSSR count). The molecule has 1 aliphatic heterocycles. The Labute approximate surface area is 98.7 Å². The summed E-state index contributed by atoms with van der Waals surface area (Å²) < 4.78 is 0. The van der Waals surface area contributed by atoms with Gasteiger partial charge in [-0.15, -0.1) is 0 Å². The molecule has 0 saturated carbocycles. The Balaban J connectivity index is 2.11. The van der Waals surface area contributed by atoms with Crippen LogP contribution in [0.5, 0.6) is 0 Å². The standard InChI is InChI=1S/C14H22N2/c1-3-14(16-10-8-15-9-11-16)13-6-4-12(2)5-7-13/h4-7,14-15H,3,8-11H2,1-2H3/t14-/m0/s1. The van der Waals surface area contributed by atoms with Crippen molar-refractivity contribution < 1.29 is 0 Å². The van der Waals surface area contributed by atoms with Crippen molar-refractivity contribution in [2.24, 2.45) is 0 Å². The van der Waals surface area contributed by atoms with E-state index in [9.17, 15) is 0 Å². The molecule has 1 saturated heterocycles. The first-order valence-corrected chi connectivity index (χ1v) is 6.32. The molecule has 0 unspecified atom stereocenters. The molecule has 0 radical (unpaired) electrons. The third-order valence-electron chi connectivity index (χ3n) is 3.44. The maximum absolute atomic E-state index is 3.41. The van der Waals surface area contributed by atoms with E-state index in [1.165, 1.54) is 30.6 Å². The Morgan fingerprint density at radius 1 is 1.19 bits per heavy atom. The Morgan fingerprint density at radius 2 is 1.81 bits per heavy atom. The van der Waals surface area contributed by atoms with E-state index in [2.05, 4.69) is 48.3 Å². The van der Waals surface area contributed by atoms with E-state index in [0.717, 1.165) is 13.1 Å². The van der Waals surface area contributed by atoms with Crippen LogP contribution >= 0.6 is 0 Å². The third-order valence-corrected chi connectivity index (χ3v) is 3.44. The van der Waals surface area contributed by atoms with Gasteiger partial charge in [0.25, 0.3) is 0 Å². The summed E-state index contributed by atoms with van der Waals surface area (Å²) in [4.78, 5) is 2.60. The van der Waals surface area contributed by atoms with Gasteiger partial charge in [-0.25, -0.2) is 0 Å².